The molecule has 1 heterocycles. The Labute approximate surface area is 175 Å². The van der Waals surface area contributed by atoms with Crippen molar-refractivity contribution in [1.82, 2.24) is 0 Å². The minimum Gasteiger partial charge on any atom is -0.503 e. The van der Waals surface area contributed by atoms with Crippen molar-refractivity contribution in [2.45, 2.75) is 33.2 Å². The summed E-state index contributed by atoms with van der Waals surface area (Å²) in [4.78, 5) is 38.9. The SMILES string of the molecule is COC(=O)Cc1ccc(N2C(=O)C(O)=C(C(=O)C(C)C)C2c2cccc(C)c2)cc1. The van der Waals surface area contributed by atoms with Crippen LogP contribution in [0.15, 0.2) is 59.9 Å². The summed E-state index contributed by atoms with van der Waals surface area (Å²) in [6.45, 7) is 5.41. The molecule has 1 atom stereocenters. The van der Waals surface area contributed by atoms with Crippen LogP contribution in [0.1, 0.15) is 36.6 Å². The number of ether oxygens (including phenoxy) is 1. The molecule has 3 rings (SSSR count). The second-order valence-electron chi connectivity index (χ2n) is 7.69. The van der Waals surface area contributed by atoms with Gasteiger partial charge in [0.25, 0.3) is 5.91 Å². The summed E-state index contributed by atoms with van der Waals surface area (Å²) in [6, 6.07) is 13.7. The van der Waals surface area contributed by atoms with Gasteiger partial charge < -0.3 is 9.84 Å². The summed E-state index contributed by atoms with van der Waals surface area (Å²) in [6.07, 6.45) is 0.118. The molecule has 156 valence electrons. The Bertz CT molecular complexity index is 1020. The lowest BCUT2D eigenvalue weighted by Gasteiger charge is -2.27. The molecule has 0 spiro atoms. The molecule has 1 N–H and O–H groups in total. The molecular weight excluding hydrogens is 382 g/mol. The molecule has 30 heavy (non-hydrogen) atoms. The van der Waals surface area contributed by atoms with Gasteiger partial charge in [0.1, 0.15) is 0 Å². The molecule has 1 aliphatic rings. The molecule has 2 aromatic carbocycles. The third kappa shape index (κ3) is 3.99. The van der Waals surface area contributed by atoms with E-state index in [0.717, 1.165) is 16.7 Å². The molecule has 6 nitrogen and oxygen atoms in total. The number of aryl methyl sites for hydroxylation is 1. The number of aliphatic hydroxyl groups is 1. The number of benzene rings is 2. The van der Waals surface area contributed by atoms with Gasteiger partial charge >= 0.3 is 5.97 Å². The minimum atomic E-state index is -0.723. The van der Waals surface area contributed by atoms with Gasteiger partial charge in [-0.3, -0.25) is 19.3 Å². The molecule has 0 bridgehead atoms. The number of carbonyl (C=O) groups is 3. The van der Waals surface area contributed by atoms with Crippen molar-refractivity contribution in [3.63, 3.8) is 0 Å². The third-order valence-corrected chi connectivity index (χ3v) is 5.15. The predicted molar refractivity (Wildman–Crippen MR) is 113 cm³/mol. The minimum absolute atomic E-state index is 0.110. The fourth-order valence-corrected chi connectivity index (χ4v) is 3.60. The average Bonchev–Trinajstić information content (AvgIpc) is 2.98. The highest BCUT2D eigenvalue weighted by Gasteiger charge is 2.44. The first kappa shape index (κ1) is 21.3. The summed E-state index contributed by atoms with van der Waals surface area (Å²) in [5.74, 6) is -2.13. The fraction of sp³-hybridized carbons (Fsp3) is 0.292. The Morgan fingerprint density at radius 1 is 1.13 bits per heavy atom. The zero-order chi connectivity index (χ0) is 22.0. The van der Waals surface area contributed by atoms with E-state index in [-0.39, 0.29) is 29.7 Å². The number of esters is 1. The highest BCUT2D eigenvalue weighted by atomic mass is 16.5. The van der Waals surface area contributed by atoms with Gasteiger partial charge in [0, 0.05) is 11.6 Å². The van der Waals surface area contributed by atoms with Crippen LogP contribution in [0.5, 0.6) is 0 Å². The maximum atomic E-state index is 13.0. The van der Waals surface area contributed by atoms with E-state index in [0.29, 0.717) is 5.69 Å². The highest BCUT2D eigenvalue weighted by Crippen LogP contribution is 2.42. The molecule has 0 saturated carbocycles. The molecule has 0 saturated heterocycles. The Morgan fingerprint density at radius 3 is 2.37 bits per heavy atom. The van der Waals surface area contributed by atoms with Crippen molar-refractivity contribution >= 4 is 23.3 Å². The lowest BCUT2D eigenvalue weighted by Crippen LogP contribution is -2.31. The number of amides is 1. The average molecular weight is 407 g/mol. The van der Waals surface area contributed by atoms with E-state index in [1.54, 1.807) is 38.1 Å². The number of hydrogen-bond acceptors (Lipinski definition) is 5. The number of aliphatic hydroxyl groups excluding tert-OH is 1. The number of rotatable bonds is 6. The van der Waals surface area contributed by atoms with Crippen LogP contribution in [0.4, 0.5) is 5.69 Å². The maximum absolute atomic E-state index is 13.0. The molecule has 1 aliphatic heterocycles. The molecule has 0 aliphatic carbocycles. The van der Waals surface area contributed by atoms with Crippen LogP contribution in [0.2, 0.25) is 0 Å². The smallest absolute Gasteiger partial charge is 0.309 e. The Kier molecular flexibility index (Phi) is 6.06. The number of nitrogens with zero attached hydrogens (tertiary/aromatic N) is 1. The molecule has 1 amide bonds. The fourth-order valence-electron chi connectivity index (χ4n) is 3.60. The van der Waals surface area contributed by atoms with Crippen molar-refractivity contribution in [2.75, 3.05) is 12.0 Å². The van der Waals surface area contributed by atoms with Crippen molar-refractivity contribution < 1.29 is 24.2 Å². The summed E-state index contributed by atoms with van der Waals surface area (Å²) in [7, 11) is 1.33. The third-order valence-electron chi connectivity index (χ3n) is 5.15. The van der Waals surface area contributed by atoms with Gasteiger partial charge in [0.05, 0.1) is 25.1 Å². The Balaban J connectivity index is 2.07. The standard InChI is InChI=1S/C24H25NO5/c1-14(2)22(27)20-21(17-7-5-6-15(3)12-17)25(24(29)23(20)28)18-10-8-16(9-11-18)13-19(26)30-4/h5-12,14,21,28H,13H2,1-4H3. The second-order valence-corrected chi connectivity index (χ2v) is 7.69. The summed E-state index contributed by atoms with van der Waals surface area (Å²) in [5, 5.41) is 10.6. The summed E-state index contributed by atoms with van der Waals surface area (Å²) >= 11 is 0. The first-order valence-corrected chi connectivity index (χ1v) is 9.77. The quantitative estimate of drug-likeness (QED) is 0.736. The molecule has 6 heteroatoms. The van der Waals surface area contributed by atoms with E-state index < -0.39 is 17.7 Å². The van der Waals surface area contributed by atoms with E-state index >= 15 is 0 Å². The van der Waals surface area contributed by atoms with Gasteiger partial charge in [-0.1, -0.05) is 55.8 Å². The largest absolute Gasteiger partial charge is 0.503 e. The molecule has 2 aromatic rings. The predicted octanol–water partition coefficient (Wildman–Crippen LogP) is 3.84. The monoisotopic (exact) mass is 407 g/mol. The molecular formula is C24H25NO5. The Hall–Kier alpha value is -3.41. The van der Waals surface area contributed by atoms with Crippen molar-refractivity contribution in [3.05, 3.63) is 76.6 Å². The van der Waals surface area contributed by atoms with Gasteiger partial charge in [-0.25, -0.2) is 0 Å². The van der Waals surface area contributed by atoms with Crippen LogP contribution < -0.4 is 4.90 Å². The van der Waals surface area contributed by atoms with Crippen LogP contribution >= 0.6 is 0 Å². The lowest BCUT2D eigenvalue weighted by molar-refractivity contribution is -0.139. The van der Waals surface area contributed by atoms with E-state index in [2.05, 4.69) is 4.74 Å². The van der Waals surface area contributed by atoms with Gasteiger partial charge in [0.15, 0.2) is 11.5 Å². The van der Waals surface area contributed by atoms with Gasteiger partial charge in [-0.2, -0.15) is 0 Å². The first-order valence-electron chi connectivity index (χ1n) is 9.77. The second kappa shape index (κ2) is 8.53. The summed E-state index contributed by atoms with van der Waals surface area (Å²) in [5.41, 5.74) is 3.10. The number of ketones is 1. The van der Waals surface area contributed by atoms with E-state index in [1.807, 2.05) is 31.2 Å². The zero-order valence-electron chi connectivity index (χ0n) is 17.5. The molecule has 0 aromatic heterocycles. The van der Waals surface area contributed by atoms with Crippen LogP contribution in [-0.4, -0.2) is 29.9 Å². The van der Waals surface area contributed by atoms with Crippen LogP contribution in [-0.2, 0) is 25.5 Å². The van der Waals surface area contributed by atoms with Crippen LogP contribution in [0.3, 0.4) is 0 Å². The van der Waals surface area contributed by atoms with Crippen molar-refractivity contribution in [2.24, 2.45) is 5.92 Å². The van der Waals surface area contributed by atoms with Gasteiger partial charge in [0.2, 0.25) is 0 Å². The van der Waals surface area contributed by atoms with Crippen molar-refractivity contribution in [3.8, 4) is 0 Å². The normalized spacial score (nSPS) is 16.4. The van der Waals surface area contributed by atoms with E-state index in [9.17, 15) is 19.5 Å². The molecule has 0 radical (unpaired) electrons. The van der Waals surface area contributed by atoms with Gasteiger partial charge in [-0.15, -0.1) is 0 Å². The molecule has 0 fully saturated rings. The van der Waals surface area contributed by atoms with Gasteiger partial charge in [-0.05, 0) is 30.2 Å². The number of anilines is 1. The number of methoxy groups -OCH3 is 1. The zero-order valence-corrected chi connectivity index (χ0v) is 17.5. The first-order chi connectivity index (χ1) is 14.2. The maximum Gasteiger partial charge on any atom is 0.309 e. The van der Waals surface area contributed by atoms with E-state index in [1.165, 1.54) is 12.0 Å². The number of Topliss-reactive ketones (excluding diaryl/α,β-unsaturated/α-hetero) is 1. The Morgan fingerprint density at radius 2 is 1.80 bits per heavy atom. The molecule has 1 unspecified atom stereocenters. The lowest BCUT2D eigenvalue weighted by atomic mass is 9.90. The number of hydrogen-bond donors (Lipinski definition) is 1. The topological polar surface area (TPSA) is 83.9 Å². The van der Waals surface area contributed by atoms with E-state index in [4.69, 9.17) is 0 Å². The van der Waals surface area contributed by atoms with Crippen LogP contribution in [0.25, 0.3) is 0 Å². The van der Waals surface area contributed by atoms with Crippen molar-refractivity contribution in [1.29, 1.82) is 0 Å². The number of carbonyl (C=O) groups excluding carboxylic acids is 3. The summed E-state index contributed by atoms with van der Waals surface area (Å²) < 4.78 is 4.68. The highest BCUT2D eigenvalue weighted by molar-refractivity contribution is 6.16. The van der Waals surface area contributed by atoms with Crippen LogP contribution in [0, 0.1) is 12.8 Å².